The molecule has 0 bridgehead atoms. The molecule has 1 fully saturated rings. The van der Waals surface area contributed by atoms with Crippen LogP contribution in [0.4, 0.5) is 0 Å². The predicted molar refractivity (Wildman–Crippen MR) is 43.3 cm³/mol. The first-order valence-electron chi connectivity index (χ1n) is 4.02. The molecule has 1 unspecified atom stereocenters. The Morgan fingerprint density at radius 2 is 2.18 bits per heavy atom. The number of aryl methyl sites for hydroxylation is 1. The summed E-state index contributed by atoms with van der Waals surface area (Å²) in [6.07, 6.45) is 2.86. The van der Waals surface area contributed by atoms with Gasteiger partial charge in [0.1, 0.15) is 0 Å². The second kappa shape index (κ2) is 3.05. The third-order valence-electron chi connectivity index (χ3n) is 1.94. The van der Waals surface area contributed by atoms with E-state index in [-0.39, 0.29) is 0 Å². The Hall–Kier alpha value is -0.820. The van der Waals surface area contributed by atoms with Gasteiger partial charge in [-0.1, -0.05) is 24.3 Å². The zero-order valence-electron chi connectivity index (χ0n) is 6.42. The average molecular weight is 147 g/mol. The highest BCUT2D eigenvalue weighted by Crippen LogP contribution is 2.16. The summed E-state index contributed by atoms with van der Waals surface area (Å²) in [6.45, 7) is 0.971. The van der Waals surface area contributed by atoms with Crippen LogP contribution in [0.5, 0.6) is 0 Å². The van der Waals surface area contributed by atoms with Crippen LogP contribution < -0.4 is 0 Å². The minimum Gasteiger partial charge on any atom is -0.373 e. The van der Waals surface area contributed by atoms with Crippen molar-refractivity contribution in [1.82, 2.24) is 0 Å². The molecule has 1 nitrogen and oxygen atoms in total. The molecule has 1 atom stereocenters. The Morgan fingerprint density at radius 3 is 2.82 bits per heavy atom. The molecule has 0 saturated carbocycles. The van der Waals surface area contributed by atoms with E-state index in [1.54, 1.807) is 0 Å². The van der Waals surface area contributed by atoms with Gasteiger partial charge < -0.3 is 4.74 Å². The zero-order valence-corrected chi connectivity index (χ0v) is 6.42. The number of hydrogen-bond donors (Lipinski definition) is 0. The molecule has 0 amide bonds. The van der Waals surface area contributed by atoms with Crippen LogP contribution in [0.1, 0.15) is 12.0 Å². The van der Waals surface area contributed by atoms with E-state index < -0.39 is 0 Å². The highest BCUT2D eigenvalue weighted by molar-refractivity contribution is 5.14. The number of benzene rings is 1. The van der Waals surface area contributed by atoms with Crippen LogP contribution in [0.2, 0.25) is 0 Å². The molecule has 11 heavy (non-hydrogen) atoms. The van der Waals surface area contributed by atoms with E-state index in [9.17, 15) is 0 Å². The van der Waals surface area contributed by atoms with Crippen molar-refractivity contribution in [3.05, 3.63) is 35.9 Å². The summed E-state index contributed by atoms with van der Waals surface area (Å²) in [5.74, 6) is 0. The van der Waals surface area contributed by atoms with Gasteiger partial charge in [-0.05, 0) is 24.5 Å². The van der Waals surface area contributed by atoms with Crippen molar-refractivity contribution >= 4 is 0 Å². The van der Waals surface area contributed by atoms with Gasteiger partial charge in [-0.2, -0.15) is 0 Å². The predicted octanol–water partition coefficient (Wildman–Crippen LogP) is 1.82. The molecule has 1 aromatic rings. The monoisotopic (exact) mass is 147 g/mol. The van der Waals surface area contributed by atoms with Crippen LogP contribution >= 0.6 is 0 Å². The molecule has 0 N–H and O–H groups in total. The van der Waals surface area contributed by atoms with Crippen molar-refractivity contribution in [3.63, 3.8) is 0 Å². The maximum atomic E-state index is 5.12. The standard InChI is InChI=1S/C10H11O/c1-2-4-9(5-3-1)6-7-10-8-11-10/h2-5,10H,6-8H2. The number of hydrogen-bond acceptors (Lipinski definition) is 1. The zero-order chi connectivity index (χ0) is 7.52. The topological polar surface area (TPSA) is 12.5 Å². The van der Waals surface area contributed by atoms with E-state index in [2.05, 4.69) is 18.2 Å². The van der Waals surface area contributed by atoms with Crippen molar-refractivity contribution in [3.8, 4) is 0 Å². The summed E-state index contributed by atoms with van der Waals surface area (Å²) in [4.78, 5) is 0. The average Bonchev–Trinajstić information content (AvgIpc) is 2.86. The van der Waals surface area contributed by atoms with Gasteiger partial charge in [0.25, 0.3) is 0 Å². The summed E-state index contributed by atoms with van der Waals surface area (Å²) >= 11 is 0. The molecular formula is C10H11O. The highest BCUT2D eigenvalue weighted by Gasteiger charge is 2.21. The van der Waals surface area contributed by atoms with Gasteiger partial charge >= 0.3 is 0 Å². The second-order valence-electron chi connectivity index (χ2n) is 2.90. The van der Waals surface area contributed by atoms with Crippen LogP contribution in [0.3, 0.4) is 0 Å². The molecule has 57 valence electrons. The maximum absolute atomic E-state index is 5.12. The van der Waals surface area contributed by atoms with Crippen LogP contribution in [-0.2, 0) is 11.2 Å². The maximum Gasteiger partial charge on any atom is 0.0813 e. The molecule has 0 aliphatic carbocycles. The first-order valence-corrected chi connectivity index (χ1v) is 4.02. The van der Waals surface area contributed by atoms with Gasteiger partial charge in [0, 0.05) is 0 Å². The third kappa shape index (κ3) is 2.05. The van der Waals surface area contributed by atoms with Crippen LogP contribution in [0.15, 0.2) is 24.3 Å². The van der Waals surface area contributed by atoms with Crippen LogP contribution in [0.25, 0.3) is 0 Å². The van der Waals surface area contributed by atoms with Gasteiger partial charge in [-0.25, -0.2) is 0 Å². The van der Waals surface area contributed by atoms with E-state index in [0.29, 0.717) is 6.10 Å². The summed E-state index contributed by atoms with van der Waals surface area (Å²) in [6, 6.07) is 11.2. The SMILES string of the molecule is [c]1ccc(CCC2CO2)cc1. The lowest BCUT2D eigenvalue weighted by Crippen LogP contribution is -1.89. The number of ether oxygens (including phenoxy) is 1. The van der Waals surface area contributed by atoms with Gasteiger partial charge in [0.15, 0.2) is 0 Å². The minimum atomic E-state index is 0.555. The first kappa shape index (κ1) is 6.86. The second-order valence-corrected chi connectivity index (χ2v) is 2.90. The lowest BCUT2D eigenvalue weighted by molar-refractivity contribution is 0.397. The van der Waals surface area contributed by atoms with E-state index in [4.69, 9.17) is 4.74 Å². The largest absolute Gasteiger partial charge is 0.373 e. The Labute approximate surface area is 67.0 Å². The summed E-state index contributed by atoms with van der Waals surface area (Å²) in [7, 11) is 0. The molecule has 1 aliphatic heterocycles. The van der Waals surface area contributed by atoms with Gasteiger partial charge in [-0.15, -0.1) is 0 Å². The van der Waals surface area contributed by atoms with Crippen molar-refractivity contribution < 1.29 is 4.74 Å². The van der Waals surface area contributed by atoms with Crippen molar-refractivity contribution in [2.75, 3.05) is 6.61 Å². The molecule has 1 radical (unpaired) electrons. The van der Waals surface area contributed by atoms with Gasteiger partial charge in [-0.3, -0.25) is 0 Å². The Kier molecular flexibility index (Phi) is 1.91. The molecule has 1 aliphatic rings. The van der Waals surface area contributed by atoms with E-state index >= 15 is 0 Å². The molecule has 1 aromatic carbocycles. The number of epoxide rings is 1. The molecule has 1 heteroatoms. The lowest BCUT2D eigenvalue weighted by Gasteiger charge is -1.96. The molecule has 0 spiro atoms. The van der Waals surface area contributed by atoms with Crippen LogP contribution in [-0.4, -0.2) is 12.7 Å². The lowest BCUT2D eigenvalue weighted by atomic mass is 10.1. The van der Waals surface area contributed by atoms with Gasteiger partial charge in [0.2, 0.25) is 0 Å². The first-order chi connectivity index (χ1) is 5.45. The van der Waals surface area contributed by atoms with Crippen molar-refractivity contribution in [2.24, 2.45) is 0 Å². The van der Waals surface area contributed by atoms with Crippen molar-refractivity contribution in [1.29, 1.82) is 0 Å². The fraction of sp³-hybridized carbons (Fsp3) is 0.400. The van der Waals surface area contributed by atoms with E-state index in [1.807, 2.05) is 12.1 Å². The Balaban J connectivity index is 1.85. The van der Waals surface area contributed by atoms with E-state index in [1.165, 1.54) is 12.0 Å². The summed E-state index contributed by atoms with van der Waals surface area (Å²) in [5, 5.41) is 0. The van der Waals surface area contributed by atoms with E-state index in [0.717, 1.165) is 13.0 Å². The molecule has 2 rings (SSSR count). The molecular weight excluding hydrogens is 136 g/mol. The van der Waals surface area contributed by atoms with Crippen molar-refractivity contribution in [2.45, 2.75) is 18.9 Å². The summed E-state index contributed by atoms with van der Waals surface area (Å²) in [5.41, 5.74) is 1.39. The minimum absolute atomic E-state index is 0.555. The molecule has 0 aromatic heterocycles. The Morgan fingerprint density at radius 1 is 1.45 bits per heavy atom. The Bertz CT molecular complexity index is 214. The summed E-state index contributed by atoms with van der Waals surface area (Å²) < 4.78 is 5.12. The highest BCUT2D eigenvalue weighted by atomic mass is 16.6. The normalized spacial score (nSPS) is 21.6. The number of rotatable bonds is 3. The van der Waals surface area contributed by atoms with Crippen LogP contribution in [0, 0.1) is 6.07 Å². The smallest absolute Gasteiger partial charge is 0.0813 e. The molecule has 1 heterocycles. The van der Waals surface area contributed by atoms with Gasteiger partial charge in [0.05, 0.1) is 12.7 Å². The quantitative estimate of drug-likeness (QED) is 0.594. The fourth-order valence-electron chi connectivity index (χ4n) is 1.15. The fourth-order valence-corrected chi connectivity index (χ4v) is 1.15. The molecule has 1 saturated heterocycles. The third-order valence-corrected chi connectivity index (χ3v) is 1.94.